The van der Waals surface area contributed by atoms with Crippen LogP contribution in [0.5, 0.6) is 11.5 Å². The van der Waals surface area contributed by atoms with E-state index in [1.54, 1.807) is 44.9 Å². The number of H-pyrrole nitrogens is 1. The van der Waals surface area contributed by atoms with Crippen molar-refractivity contribution >= 4 is 28.1 Å². The van der Waals surface area contributed by atoms with E-state index in [0.717, 1.165) is 17.0 Å². The summed E-state index contributed by atoms with van der Waals surface area (Å²) in [6.07, 6.45) is 3.70. The summed E-state index contributed by atoms with van der Waals surface area (Å²) in [5.74, 6) is 1.63. The van der Waals surface area contributed by atoms with Crippen molar-refractivity contribution in [2.75, 3.05) is 19.5 Å². The van der Waals surface area contributed by atoms with Crippen LogP contribution in [0, 0.1) is 0 Å². The molecule has 0 spiro atoms. The number of Topliss-reactive ketones (excluding diaryl/α,β-unsaturated/α-hetero) is 1. The highest BCUT2D eigenvalue weighted by atomic mass is 79.9. The number of amides is 1. The van der Waals surface area contributed by atoms with Gasteiger partial charge < -0.3 is 20.2 Å². The lowest BCUT2D eigenvalue weighted by molar-refractivity contribution is -0.106. The van der Waals surface area contributed by atoms with Crippen molar-refractivity contribution in [2.45, 2.75) is 7.43 Å². The Morgan fingerprint density at radius 2 is 1.72 bits per heavy atom. The Morgan fingerprint density at radius 3 is 2.24 bits per heavy atom. The fraction of sp³-hybridized carbons (Fsp3) is 0.190. The second-order valence-corrected chi connectivity index (χ2v) is 5.68. The quantitative estimate of drug-likeness (QED) is 0.336. The first-order valence-electron chi connectivity index (χ1n) is 8.11. The number of carbonyl (C=O) groups excluding carboxylic acids is 2. The molecule has 0 unspecified atom stereocenters. The number of nitrogens with two attached hydrogens (primary N) is 1. The van der Waals surface area contributed by atoms with Crippen molar-refractivity contribution in [2.24, 2.45) is 5.73 Å². The van der Waals surface area contributed by atoms with Crippen molar-refractivity contribution in [3.8, 4) is 22.8 Å². The van der Waals surface area contributed by atoms with Gasteiger partial charge in [0.1, 0.15) is 11.5 Å². The Balaban J connectivity index is 0.000000464. The van der Waals surface area contributed by atoms with Gasteiger partial charge in [0.05, 0.1) is 37.8 Å². The number of ketones is 1. The topological polar surface area (TPSA) is 107 Å². The lowest BCUT2D eigenvalue weighted by Crippen LogP contribution is -1.99. The lowest BCUT2D eigenvalue weighted by Gasteiger charge is -2.01. The van der Waals surface area contributed by atoms with E-state index >= 15 is 0 Å². The number of methoxy groups -OCH3 is 2. The third kappa shape index (κ3) is 9.07. The molecule has 0 saturated carbocycles. The molecule has 3 N–H and O–H groups in total. The molecule has 0 aliphatic carbocycles. The number of rotatable bonds is 5. The zero-order valence-corrected chi connectivity index (χ0v) is 17.2. The first-order valence-corrected chi connectivity index (χ1v) is 9.23. The predicted octanol–water partition coefficient (Wildman–Crippen LogP) is 4.10. The fourth-order valence-corrected chi connectivity index (χ4v) is 2.40. The van der Waals surface area contributed by atoms with Gasteiger partial charge in [-0.15, -0.1) is 0 Å². The van der Waals surface area contributed by atoms with Crippen LogP contribution < -0.4 is 15.2 Å². The molecule has 0 saturated heterocycles. The van der Waals surface area contributed by atoms with E-state index in [0.29, 0.717) is 16.6 Å². The highest BCUT2D eigenvalue weighted by Gasteiger charge is 2.03. The minimum Gasteiger partial charge on any atom is -0.497 e. The monoisotopic (exact) mass is 463 g/mol. The normalized spacial score (nSPS) is 8.79. The van der Waals surface area contributed by atoms with Gasteiger partial charge in [-0.2, -0.15) is 0 Å². The van der Waals surface area contributed by atoms with Crippen LogP contribution in [0.3, 0.4) is 0 Å². The highest BCUT2D eigenvalue weighted by molar-refractivity contribution is 9.09. The van der Waals surface area contributed by atoms with Crippen molar-refractivity contribution in [1.82, 2.24) is 9.97 Å². The summed E-state index contributed by atoms with van der Waals surface area (Å²) >= 11 is 3.11. The van der Waals surface area contributed by atoms with E-state index in [4.69, 9.17) is 14.3 Å². The summed E-state index contributed by atoms with van der Waals surface area (Å²) in [5.41, 5.74) is 6.92. The van der Waals surface area contributed by atoms with Gasteiger partial charge >= 0.3 is 0 Å². The number of hydrogen-bond donors (Lipinski definition) is 2. The van der Waals surface area contributed by atoms with Crippen LogP contribution in [0.15, 0.2) is 61.1 Å². The molecule has 3 rings (SSSR count). The first kappa shape index (κ1) is 25.9. The molecule has 2 aromatic carbocycles. The molecule has 156 valence electrons. The van der Waals surface area contributed by atoms with E-state index in [-0.39, 0.29) is 19.6 Å². The first-order chi connectivity index (χ1) is 13.6. The molecule has 0 bridgehead atoms. The number of halogens is 1. The zero-order chi connectivity index (χ0) is 20.8. The number of ether oxygens (including phenoxy) is 2. The van der Waals surface area contributed by atoms with Gasteiger partial charge in [-0.05, 0) is 24.3 Å². The molecule has 3 aromatic rings. The van der Waals surface area contributed by atoms with E-state index < -0.39 is 0 Å². The molecule has 0 fully saturated rings. The molecule has 1 aromatic heterocycles. The number of nitrogens with one attached hydrogen (secondary N) is 1. The standard InChI is InChI=1S/C10H10N2O.C9H9BrO2.CH3NO.CH4/c1-13-9-4-2-3-8(5-9)10-6-11-7-12-10;1-12-8-4-2-3-7(5-8)9(11)6-10;2-1-3;/h2-7H,1H3,(H,11,12);2-5H,6H2,1H3;1H,(H2,2,3);1H4. The number of nitrogens with zero attached hydrogens (tertiary/aromatic N) is 1. The number of carbonyl (C=O) groups is 2. The van der Waals surface area contributed by atoms with Gasteiger partial charge in [-0.1, -0.05) is 47.6 Å². The highest BCUT2D eigenvalue weighted by Crippen LogP contribution is 2.21. The number of aromatic nitrogens is 2. The van der Waals surface area contributed by atoms with Gasteiger partial charge in [-0.25, -0.2) is 4.98 Å². The van der Waals surface area contributed by atoms with E-state index in [1.165, 1.54) is 0 Å². The molecule has 29 heavy (non-hydrogen) atoms. The van der Waals surface area contributed by atoms with Crippen molar-refractivity contribution in [1.29, 1.82) is 0 Å². The van der Waals surface area contributed by atoms with Gasteiger partial charge in [-0.3, -0.25) is 9.59 Å². The Labute approximate surface area is 179 Å². The van der Waals surface area contributed by atoms with Crippen molar-refractivity contribution < 1.29 is 19.1 Å². The second kappa shape index (κ2) is 14.9. The van der Waals surface area contributed by atoms with Crippen LogP contribution >= 0.6 is 15.9 Å². The maximum atomic E-state index is 11.2. The Kier molecular flexibility index (Phi) is 13.3. The third-order valence-electron chi connectivity index (χ3n) is 3.39. The van der Waals surface area contributed by atoms with Crippen LogP contribution in [0.2, 0.25) is 0 Å². The van der Waals surface area contributed by atoms with Crippen LogP contribution in [0.25, 0.3) is 11.3 Å². The molecule has 1 heterocycles. The number of imidazole rings is 1. The molecule has 0 atom stereocenters. The number of primary amides is 1. The maximum Gasteiger partial charge on any atom is 0.204 e. The number of hydrogen-bond acceptors (Lipinski definition) is 5. The summed E-state index contributed by atoms with van der Waals surface area (Å²) in [7, 11) is 3.24. The summed E-state index contributed by atoms with van der Waals surface area (Å²) in [6, 6.07) is 15.0. The largest absolute Gasteiger partial charge is 0.497 e. The van der Waals surface area contributed by atoms with Gasteiger partial charge in [0, 0.05) is 11.1 Å². The van der Waals surface area contributed by atoms with Crippen LogP contribution in [-0.4, -0.2) is 41.7 Å². The molecule has 0 aliphatic rings. The second-order valence-electron chi connectivity index (χ2n) is 5.12. The number of alkyl halides is 1. The lowest BCUT2D eigenvalue weighted by atomic mass is 10.1. The van der Waals surface area contributed by atoms with Crippen molar-refractivity contribution in [3.05, 3.63) is 66.6 Å². The Morgan fingerprint density at radius 1 is 1.14 bits per heavy atom. The zero-order valence-electron chi connectivity index (χ0n) is 15.6. The molecule has 1 amide bonds. The molecule has 0 aliphatic heterocycles. The molecule has 8 heteroatoms. The average molecular weight is 464 g/mol. The van der Waals surface area contributed by atoms with Gasteiger partial charge in [0.15, 0.2) is 5.78 Å². The van der Waals surface area contributed by atoms with Crippen molar-refractivity contribution in [3.63, 3.8) is 0 Å². The van der Waals surface area contributed by atoms with Gasteiger partial charge in [0.2, 0.25) is 6.41 Å². The van der Waals surface area contributed by atoms with E-state index in [1.807, 2.05) is 30.3 Å². The summed E-state index contributed by atoms with van der Waals surface area (Å²) in [6.45, 7) is 0. The average Bonchev–Trinajstić information content (AvgIpc) is 3.29. The van der Waals surface area contributed by atoms with Gasteiger partial charge in [0.25, 0.3) is 0 Å². The predicted molar refractivity (Wildman–Crippen MR) is 119 cm³/mol. The number of benzene rings is 2. The van der Waals surface area contributed by atoms with Crippen LogP contribution in [-0.2, 0) is 4.79 Å². The van der Waals surface area contributed by atoms with Crippen LogP contribution in [0.4, 0.5) is 0 Å². The SMILES string of the molecule is C.COc1cccc(-c2cnc[nH]2)c1.COc1cccc(C(=O)CBr)c1.NC=O. The minimum atomic E-state index is 0. The Bertz CT molecular complexity index is 855. The van der Waals surface area contributed by atoms with E-state index in [9.17, 15) is 4.79 Å². The summed E-state index contributed by atoms with van der Waals surface area (Å²) in [4.78, 5) is 26.8. The molecular weight excluding hydrogens is 438 g/mol. The smallest absolute Gasteiger partial charge is 0.204 e. The molecule has 7 nitrogen and oxygen atoms in total. The molecule has 0 radical (unpaired) electrons. The summed E-state index contributed by atoms with van der Waals surface area (Å²) < 4.78 is 10.1. The molecular formula is C21H26BrN3O4. The Hall–Kier alpha value is -3.13. The van der Waals surface area contributed by atoms with E-state index in [2.05, 4.69) is 31.6 Å². The third-order valence-corrected chi connectivity index (χ3v) is 3.90. The maximum absolute atomic E-state index is 11.2. The minimum absolute atomic E-state index is 0. The fourth-order valence-electron chi connectivity index (χ4n) is 2.08. The number of aromatic amines is 1. The van der Waals surface area contributed by atoms with Crippen LogP contribution in [0.1, 0.15) is 17.8 Å². The summed E-state index contributed by atoms with van der Waals surface area (Å²) in [5, 5.41) is 0.347.